The highest BCUT2D eigenvalue weighted by atomic mass is 16.1. The predicted molar refractivity (Wildman–Crippen MR) is 68.8 cm³/mol. The van der Waals surface area contributed by atoms with Crippen LogP contribution in [0.25, 0.3) is 0 Å². The Bertz CT molecular complexity index is 524. The summed E-state index contributed by atoms with van der Waals surface area (Å²) in [5.41, 5.74) is 6.76. The molecular weight excluding hydrogens is 228 g/mol. The molecule has 18 heavy (non-hydrogen) atoms. The molecule has 2 aromatic heterocycles. The van der Waals surface area contributed by atoms with Crippen LogP contribution in [0.15, 0.2) is 42.7 Å². The smallest absolute Gasteiger partial charge is 0.253 e. The predicted octanol–water partition coefficient (Wildman–Crippen LogP) is 1.55. The van der Waals surface area contributed by atoms with Crippen LogP contribution >= 0.6 is 0 Å². The number of carbonyl (C=O) groups excluding carboxylic acids is 1. The quantitative estimate of drug-likeness (QED) is 0.855. The molecule has 2 heterocycles. The number of aromatic nitrogens is 2. The summed E-state index contributed by atoms with van der Waals surface area (Å²) >= 11 is 0. The van der Waals surface area contributed by atoms with E-state index in [0.717, 1.165) is 5.69 Å². The highest BCUT2D eigenvalue weighted by Crippen LogP contribution is 2.09. The van der Waals surface area contributed by atoms with Crippen molar-refractivity contribution < 1.29 is 4.79 Å². The summed E-state index contributed by atoms with van der Waals surface area (Å²) in [6, 6.07) is 8.67. The van der Waals surface area contributed by atoms with Crippen molar-refractivity contribution in [2.75, 3.05) is 5.73 Å². The highest BCUT2D eigenvalue weighted by molar-refractivity contribution is 5.94. The fourth-order valence-corrected chi connectivity index (χ4v) is 1.53. The monoisotopic (exact) mass is 242 g/mol. The zero-order valence-electron chi connectivity index (χ0n) is 10.00. The summed E-state index contributed by atoms with van der Waals surface area (Å²) < 4.78 is 0. The molecule has 0 saturated heterocycles. The average molecular weight is 242 g/mol. The van der Waals surface area contributed by atoms with E-state index in [1.807, 2.05) is 25.1 Å². The minimum Gasteiger partial charge on any atom is -0.384 e. The molecule has 92 valence electrons. The Morgan fingerprint density at radius 3 is 2.72 bits per heavy atom. The molecule has 1 unspecified atom stereocenters. The Hall–Kier alpha value is -2.43. The van der Waals surface area contributed by atoms with Gasteiger partial charge in [-0.1, -0.05) is 6.07 Å². The van der Waals surface area contributed by atoms with Gasteiger partial charge in [0.05, 0.1) is 17.3 Å². The summed E-state index contributed by atoms with van der Waals surface area (Å²) in [6.45, 7) is 1.88. The lowest BCUT2D eigenvalue weighted by atomic mass is 10.2. The van der Waals surface area contributed by atoms with E-state index < -0.39 is 0 Å². The molecule has 0 aliphatic heterocycles. The number of anilines is 1. The Morgan fingerprint density at radius 2 is 2.11 bits per heavy atom. The number of carbonyl (C=O) groups is 1. The maximum absolute atomic E-state index is 11.9. The van der Waals surface area contributed by atoms with Gasteiger partial charge < -0.3 is 11.1 Å². The maximum atomic E-state index is 11.9. The second-order valence-electron chi connectivity index (χ2n) is 3.92. The van der Waals surface area contributed by atoms with Gasteiger partial charge in [-0.25, -0.2) is 4.98 Å². The zero-order valence-corrected chi connectivity index (χ0v) is 10.00. The van der Waals surface area contributed by atoms with Crippen LogP contribution in [0, 0.1) is 0 Å². The summed E-state index contributed by atoms with van der Waals surface area (Å²) in [6.07, 6.45) is 3.15. The largest absolute Gasteiger partial charge is 0.384 e. The third-order valence-electron chi connectivity index (χ3n) is 2.53. The van der Waals surface area contributed by atoms with Crippen LogP contribution in [0.4, 0.5) is 5.82 Å². The van der Waals surface area contributed by atoms with Crippen molar-refractivity contribution in [2.24, 2.45) is 0 Å². The van der Waals surface area contributed by atoms with Gasteiger partial charge in [-0.2, -0.15) is 0 Å². The summed E-state index contributed by atoms with van der Waals surface area (Å²) in [5.74, 6) is 0.199. The van der Waals surface area contributed by atoms with Gasteiger partial charge in [-0.3, -0.25) is 9.78 Å². The highest BCUT2D eigenvalue weighted by Gasteiger charge is 2.12. The number of pyridine rings is 2. The van der Waals surface area contributed by atoms with Gasteiger partial charge in [0.25, 0.3) is 5.91 Å². The van der Waals surface area contributed by atoms with Crippen LogP contribution in [-0.2, 0) is 0 Å². The van der Waals surface area contributed by atoms with E-state index in [2.05, 4.69) is 15.3 Å². The summed E-state index contributed by atoms with van der Waals surface area (Å²) in [5, 5.41) is 2.85. The number of nitrogens with zero attached hydrogens (tertiary/aromatic N) is 2. The van der Waals surface area contributed by atoms with Gasteiger partial charge in [-0.05, 0) is 31.2 Å². The molecule has 2 aromatic rings. The second kappa shape index (κ2) is 5.27. The molecule has 0 aliphatic carbocycles. The van der Waals surface area contributed by atoms with Gasteiger partial charge >= 0.3 is 0 Å². The van der Waals surface area contributed by atoms with Gasteiger partial charge in [-0.15, -0.1) is 0 Å². The van der Waals surface area contributed by atoms with Crippen LogP contribution in [0.2, 0.25) is 0 Å². The van der Waals surface area contributed by atoms with Crippen LogP contribution < -0.4 is 11.1 Å². The first-order valence-electron chi connectivity index (χ1n) is 5.60. The molecule has 0 fully saturated rings. The number of nitrogens with one attached hydrogen (secondary N) is 1. The first-order chi connectivity index (χ1) is 8.66. The van der Waals surface area contributed by atoms with Crippen molar-refractivity contribution in [3.63, 3.8) is 0 Å². The fraction of sp³-hybridized carbons (Fsp3) is 0.154. The zero-order chi connectivity index (χ0) is 13.0. The number of amides is 1. The van der Waals surface area contributed by atoms with Crippen molar-refractivity contribution in [1.82, 2.24) is 15.3 Å². The summed E-state index contributed by atoms with van der Waals surface area (Å²) in [7, 11) is 0. The molecule has 0 aliphatic rings. The fourth-order valence-electron chi connectivity index (χ4n) is 1.53. The Labute approximate surface area is 105 Å². The van der Waals surface area contributed by atoms with E-state index in [1.54, 1.807) is 18.3 Å². The molecule has 3 N–H and O–H groups in total. The van der Waals surface area contributed by atoms with Crippen molar-refractivity contribution in [2.45, 2.75) is 13.0 Å². The van der Waals surface area contributed by atoms with Crippen molar-refractivity contribution in [3.05, 3.63) is 54.0 Å². The lowest BCUT2D eigenvalue weighted by Crippen LogP contribution is -2.27. The minimum absolute atomic E-state index is 0.156. The number of hydrogen-bond acceptors (Lipinski definition) is 4. The van der Waals surface area contributed by atoms with E-state index in [-0.39, 0.29) is 11.9 Å². The minimum atomic E-state index is -0.194. The van der Waals surface area contributed by atoms with Gasteiger partial charge in [0.1, 0.15) is 5.82 Å². The van der Waals surface area contributed by atoms with Crippen molar-refractivity contribution in [3.8, 4) is 0 Å². The standard InChI is InChI=1S/C13H14N4O/c1-9(11-4-2-3-7-15-11)17-13(18)10-5-6-12(14)16-8-10/h2-9H,1H3,(H2,14,16)(H,17,18). The number of nitrogen functional groups attached to an aromatic ring is 1. The first kappa shape index (κ1) is 12.0. The Kier molecular flexibility index (Phi) is 3.52. The molecule has 1 amide bonds. The van der Waals surface area contributed by atoms with E-state index >= 15 is 0 Å². The van der Waals surface area contributed by atoms with E-state index in [9.17, 15) is 4.79 Å². The third-order valence-corrected chi connectivity index (χ3v) is 2.53. The van der Waals surface area contributed by atoms with E-state index in [4.69, 9.17) is 5.73 Å². The van der Waals surface area contributed by atoms with E-state index in [0.29, 0.717) is 11.4 Å². The normalized spacial score (nSPS) is 11.8. The SMILES string of the molecule is CC(NC(=O)c1ccc(N)nc1)c1ccccn1. The molecule has 0 saturated carbocycles. The van der Waals surface area contributed by atoms with Crippen molar-refractivity contribution >= 4 is 11.7 Å². The number of nitrogens with two attached hydrogens (primary N) is 1. The van der Waals surface area contributed by atoms with Gasteiger partial charge in [0.15, 0.2) is 0 Å². The molecular formula is C13H14N4O. The maximum Gasteiger partial charge on any atom is 0.253 e. The summed E-state index contributed by atoms with van der Waals surface area (Å²) in [4.78, 5) is 20.0. The van der Waals surface area contributed by atoms with Crippen LogP contribution in [0.1, 0.15) is 29.0 Å². The molecule has 0 radical (unpaired) electrons. The Morgan fingerprint density at radius 1 is 1.28 bits per heavy atom. The van der Waals surface area contributed by atoms with Crippen LogP contribution in [0.3, 0.4) is 0 Å². The molecule has 0 bridgehead atoms. The lowest BCUT2D eigenvalue weighted by molar-refractivity contribution is 0.0939. The first-order valence-corrected chi connectivity index (χ1v) is 5.60. The van der Waals surface area contributed by atoms with Crippen LogP contribution in [-0.4, -0.2) is 15.9 Å². The number of rotatable bonds is 3. The van der Waals surface area contributed by atoms with Gasteiger partial charge in [0.2, 0.25) is 0 Å². The second-order valence-corrected chi connectivity index (χ2v) is 3.92. The molecule has 1 atom stereocenters. The molecule has 0 spiro atoms. The van der Waals surface area contributed by atoms with E-state index in [1.165, 1.54) is 6.20 Å². The lowest BCUT2D eigenvalue weighted by Gasteiger charge is -2.13. The Balaban J connectivity index is 2.06. The van der Waals surface area contributed by atoms with Crippen molar-refractivity contribution in [1.29, 1.82) is 0 Å². The topological polar surface area (TPSA) is 80.9 Å². The molecule has 5 nitrogen and oxygen atoms in total. The average Bonchev–Trinajstić information content (AvgIpc) is 2.40. The van der Waals surface area contributed by atoms with Crippen LogP contribution in [0.5, 0.6) is 0 Å². The number of hydrogen-bond donors (Lipinski definition) is 2. The third kappa shape index (κ3) is 2.82. The molecule has 5 heteroatoms. The van der Waals surface area contributed by atoms with Gasteiger partial charge in [0, 0.05) is 12.4 Å². The molecule has 0 aromatic carbocycles. The molecule has 2 rings (SSSR count).